The van der Waals surface area contributed by atoms with Crippen molar-refractivity contribution >= 4 is 22.4 Å². The molecule has 5 nitrogen and oxygen atoms in total. The van der Waals surface area contributed by atoms with Crippen LogP contribution in [0.5, 0.6) is 0 Å². The molecule has 114 valence electrons. The second kappa shape index (κ2) is 8.92. The molecular weight excluding hydrogens is 274 g/mol. The second-order valence-electron chi connectivity index (χ2n) is 4.74. The quantitative estimate of drug-likeness (QED) is 0.711. The Labute approximate surface area is 125 Å². The third-order valence-corrected chi connectivity index (χ3v) is 4.18. The fourth-order valence-electron chi connectivity index (χ4n) is 1.98. The molecule has 1 aromatic rings. The first-order valence-electron chi connectivity index (χ1n) is 7.13. The van der Waals surface area contributed by atoms with Crippen LogP contribution in [0.2, 0.25) is 0 Å². The molecule has 0 bridgehead atoms. The summed E-state index contributed by atoms with van der Waals surface area (Å²) in [6, 6.07) is 0.349. The molecule has 0 aliphatic rings. The standard InChI is InChI=1S/C14H25N3O2S/c1-5-17(6-2)9-7-8-11(3)16-14-15-10-12(20-14)13(18)19-4/h10-11H,5-9H2,1-4H3,(H,15,16). The highest BCUT2D eigenvalue weighted by Gasteiger charge is 2.12. The van der Waals surface area contributed by atoms with Crippen LogP contribution in [0.15, 0.2) is 6.20 Å². The summed E-state index contributed by atoms with van der Waals surface area (Å²) in [6.45, 7) is 9.86. The minimum absolute atomic E-state index is 0.329. The lowest BCUT2D eigenvalue weighted by Crippen LogP contribution is -2.25. The van der Waals surface area contributed by atoms with E-state index < -0.39 is 0 Å². The lowest BCUT2D eigenvalue weighted by atomic mass is 10.2. The third kappa shape index (κ3) is 5.46. The summed E-state index contributed by atoms with van der Waals surface area (Å²) >= 11 is 1.34. The monoisotopic (exact) mass is 299 g/mol. The van der Waals surface area contributed by atoms with Gasteiger partial charge in [-0.2, -0.15) is 0 Å². The number of hydrogen-bond acceptors (Lipinski definition) is 6. The van der Waals surface area contributed by atoms with Crippen molar-refractivity contribution in [3.8, 4) is 0 Å². The molecular formula is C14H25N3O2S. The van der Waals surface area contributed by atoms with Crippen molar-refractivity contribution in [3.05, 3.63) is 11.1 Å². The van der Waals surface area contributed by atoms with Gasteiger partial charge in [0.05, 0.1) is 13.3 Å². The smallest absolute Gasteiger partial charge is 0.349 e. The van der Waals surface area contributed by atoms with E-state index in [1.165, 1.54) is 18.4 Å². The number of aromatic nitrogens is 1. The van der Waals surface area contributed by atoms with E-state index in [0.717, 1.165) is 37.6 Å². The van der Waals surface area contributed by atoms with E-state index in [1.807, 2.05) is 0 Å². The minimum atomic E-state index is -0.329. The summed E-state index contributed by atoms with van der Waals surface area (Å²) in [5, 5.41) is 4.11. The Kier molecular flexibility index (Phi) is 7.54. The van der Waals surface area contributed by atoms with Crippen LogP contribution in [0.3, 0.4) is 0 Å². The number of esters is 1. The van der Waals surface area contributed by atoms with Crippen molar-refractivity contribution < 1.29 is 9.53 Å². The van der Waals surface area contributed by atoms with Crippen molar-refractivity contribution in [3.63, 3.8) is 0 Å². The summed E-state index contributed by atoms with van der Waals surface area (Å²) in [7, 11) is 1.38. The average molecular weight is 299 g/mol. The van der Waals surface area contributed by atoms with E-state index in [1.54, 1.807) is 6.20 Å². The molecule has 0 amide bonds. The number of ether oxygens (including phenoxy) is 1. The predicted octanol–water partition coefficient (Wildman–Crippen LogP) is 2.85. The largest absolute Gasteiger partial charge is 0.465 e. The van der Waals surface area contributed by atoms with E-state index in [9.17, 15) is 4.79 Å². The van der Waals surface area contributed by atoms with Gasteiger partial charge in [-0.3, -0.25) is 0 Å². The number of anilines is 1. The number of nitrogens with zero attached hydrogens (tertiary/aromatic N) is 2. The molecule has 1 unspecified atom stereocenters. The lowest BCUT2D eigenvalue weighted by molar-refractivity contribution is 0.0606. The van der Waals surface area contributed by atoms with E-state index >= 15 is 0 Å². The fourth-order valence-corrected chi connectivity index (χ4v) is 2.83. The zero-order chi connectivity index (χ0) is 15.0. The van der Waals surface area contributed by atoms with Gasteiger partial charge < -0.3 is 15.0 Å². The maximum Gasteiger partial charge on any atom is 0.349 e. The fraction of sp³-hybridized carbons (Fsp3) is 0.714. The Morgan fingerprint density at radius 1 is 1.50 bits per heavy atom. The highest BCUT2D eigenvalue weighted by molar-refractivity contribution is 7.17. The number of methoxy groups -OCH3 is 1. The molecule has 0 saturated carbocycles. The normalized spacial score (nSPS) is 12.4. The van der Waals surface area contributed by atoms with Gasteiger partial charge >= 0.3 is 5.97 Å². The van der Waals surface area contributed by atoms with E-state index in [2.05, 4.69) is 40.7 Å². The highest BCUT2D eigenvalue weighted by atomic mass is 32.1. The van der Waals surface area contributed by atoms with Gasteiger partial charge in [0.2, 0.25) is 0 Å². The van der Waals surface area contributed by atoms with Gasteiger partial charge in [0.25, 0.3) is 0 Å². The second-order valence-corrected chi connectivity index (χ2v) is 5.77. The molecule has 6 heteroatoms. The number of rotatable bonds is 9. The van der Waals surface area contributed by atoms with Gasteiger partial charge in [-0.25, -0.2) is 9.78 Å². The topological polar surface area (TPSA) is 54.5 Å². The summed E-state index contributed by atoms with van der Waals surface area (Å²) < 4.78 is 4.67. The SMILES string of the molecule is CCN(CC)CCCC(C)Nc1ncc(C(=O)OC)s1. The summed E-state index contributed by atoms with van der Waals surface area (Å²) in [4.78, 5) is 18.5. The number of hydrogen-bond donors (Lipinski definition) is 1. The Hall–Kier alpha value is -1.14. The molecule has 0 aliphatic heterocycles. The van der Waals surface area contributed by atoms with E-state index in [-0.39, 0.29) is 5.97 Å². The molecule has 1 N–H and O–H groups in total. The molecule has 0 saturated heterocycles. The molecule has 20 heavy (non-hydrogen) atoms. The van der Waals surface area contributed by atoms with Crippen molar-refractivity contribution in [2.75, 3.05) is 32.1 Å². The zero-order valence-electron chi connectivity index (χ0n) is 12.8. The molecule has 0 spiro atoms. The first kappa shape index (κ1) is 16.9. The number of carbonyl (C=O) groups is 1. The predicted molar refractivity (Wildman–Crippen MR) is 83.6 cm³/mol. The minimum Gasteiger partial charge on any atom is -0.465 e. The Morgan fingerprint density at radius 3 is 2.80 bits per heavy atom. The first-order valence-corrected chi connectivity index (χ1v) is 7.95. The Bertz CT molecular complexity index is 405. The molecule has 1 rings (SSSR count). The maximum absolute atomic E-state index is 11.3. The van der Waals surface area contributed by atoms with E-state index in [0.29, 0.717) is 10.9 Å². The van der Waals surface area contributed by atoms with E-state index in [4.69, 9.17) is 0 Å². The van der Waals surface area contributed by atoms with Gasteiger partial charge in [-0.15, -0.1) is 0 Å². The molecule has 1 atom stereocenters. The summed E-state index contributed by atoms with van der Waals surface area (Å²) in [5.41, 5.74) is 0. The first-order chi connectivity index (χ1) is 9.60. The van der Waals surface area contributed by atoms with Gasteiger partial charge in [0.1, 0.15) is 4.88 Å². The average Bonchev–Trinajstić information content (AvgIpc) is 2.91. The van der Waals surface area contributed by atoms with Gasteiger partial charge in [-0.1, -0.05) is 25.2 Å². The molecule has 1 heterocycles. The van der Waals surface area contributed by atoms with Crippen LogP contribution in [0.4, 0.5) is 5.13 Å². The van der Waals surface area contributed by atoms with Crippen molar-refractivity contribution in [1.82, 2.24) is 9.88 Å². The van der Waals surface area contributed by atoms with Crippen LogP contribution in [0.1, 0.15) is 43.3 Å². The van der Waals surface area contributed by atoms with Gasteiger partial charge in [0.15, 0.2) is 5.13 Å². The zero-order valence-corrected chi connectivity index (χ0v) is 13.6. The Balaban J connectivity index is 2.33. The molecule has 0 aromatic carbocycles. The number of nitrogens with one attached hydrogen (secondary N) is 1. The lowest BCUT2D eigenvalue weighted by Gasteiger charge is -2.19. The summed E-state index contributed by atoms with van der Waals surface area (Å²) in [5.74, 6) is -0.329. The molecule has 0 fully saturated rings. The van der Waals surface area contributed by atoms with Crippen LogP contribution < -0.4 is 5.32 Å². The third-order valence-electron chi connectivity index (χ3n) is 3.27. The number of carbonyl (C=O) groups excluding carboxylic acids is 1. The maximum atomic E-state index is 11.3. The van der Waals surface area contributed by atoms with Crippen LogP contribution in [-0.4, -0.2) is 48.6 Å². The highest BCUT2D eigenvalue weighted by Crippen LogP contribution is 2.20. The summed E-state index contributed by atoms with van der Waals surface area (Å²) in [6.07, 6.45) is 3.80. The van der Waals surface area contributed by atoms with Crippen molar-refractivity contribution in [1.29, 1.82) is 0 Å². The van der Waals surface area contributed by atoms with Gasteiger partial charge in [-0.05, 0) is 39.4 Å². The van der Waals surface area contributed by atoms with Crippen LogP contribution in [0.25, 0.3) is 0 Å². The van der Waals surface area contributed by atoms with Crippen LogP contribution in [-0.2, 0) is 4.74 Å². The molecule has 0 aliphatic carbocycles. The Morgan fingerprint density at radius 2 is 2.20 bits per heavy atom. The van der Waals surface area contributed by atoms with Crippen LogP contribution in [0, 0.1) is 0 Å². The number of thiazole rings is 1. The van der Waals surface area contributed by atoms with Gasteiger partial charge in [0, 0.05) is 6.04 Å². The molecule has 0 radical (unpaired) electrons. The van der Waals surface area contributed by atoms with Crippen LogP contribution >= 0.6 is 11.3 Å². The molecule has 1 aromatic heterocycles. The van der Waals surface area contributed by atoms with Crippen molar-refractivity contribution in [2.24, 2.45) is 0 Å². The van der Waals surface area contributed by atoms with Crippen molar-refractivity contribution in [2.45, 2.75) is 39.7 Å².